The van der Waals surface area contributed by atoms with Crippen LogP contribution in [-0.2, 0) is 17.9 Å². The molecule has 1 aliphatic heterocycles. The number of methoxy groups -OCH3 is 1. The lowest BCUT2D eigenvalue weighted by Gasteiger charge is -2.33. The highest BCUT2D eigenvalue weighted by molar-refractivity contribution is 5.77. The molecule has 0 bridgehead atoms. The minimum Gasteiger partial charge on any atom is -0.497 e. The van der Waals surface area contributed by atoms with Gasteiger partial charge in [-0.2, -0.15) is 5.10 Å². The lowest BCUT2D eigenvalue weighted by Crippen LogP contribution is -2.48. The van der Waals surface area contributed by atoms with Gasteiger partial charge in [0.25, 0.3) is 0 Å². The van der Waals surface area contributed by atoms with Crippen molar-refractivity contribution >= 4 is 5.91 Å². The first-order valence-electron chi connectivity index (χ1n) is 8.91. The fourth-order valence-electron chi connectivity index (χ4n) is 3.42. The largest absolute Gasteiger partial charge is 0.497 e. The van der Waals surface area contributed by atoms with E-state index in [9.17, 15) is 9.18 Å². The number of carbonyl (C=O) groups excluding carboxylic acids is 1. The maximum Gasteiger partial charge on any atom is 0.220 e. The number of benzene rings is 1. The van der Waals surface area contributed by atoms with Gasteiger partial charge in [0.05, 0.1) is 19.3 Å². The lowest BCUT2D eigenvalue weighted by atomic mass is 9.91. The van der Waals surface area contributed by atoms with E-state index in [0.29, 0.717) is 30.7 Å². The first-order chi connectivity index (χ1) is 12.5. The quantitative estimate of drug-likeness (QED) is 0.830. The third kappa shape index (κ3) is 3.72. The summed E-state index contributed by atoms with van der Waals surface area (Å²) in [5, 5.41) is 10.8. The van der Waals surface area contributed by atoms with Gasteiger partial charge in [0.15, 0.2) is 0 Å². The number of rotatable bonds is 6. The zero-order valence-corrected chi connectivity index (χ0v) is 15.4. The van der Waals surface area contributed by atoms with Crippen molar-refractivity contribution in [3.63, 3.8) is 0 Å². The second kappa shape index (κ2) is 7.86. The molecule has 1 aromatic carbocycles. The summed E-state index contributed by atoms with van der Waals surface area (Å²) in [6.45, 7) is 5.53. The Morgan fingerprint density at radius 2 is 2.27 bits per heavy atom. The van der Waals surface area contributed by atoms with Crippen molar-refractivity contribution in [3.05, 3.63) is 47.0 Å². The molecule has 0 aliphatic carbocycles. The molecule has 0 radical (unpaired) electrons. The highest BCUT2D eigenvalue weighted by Crippen LogP contribution is 2.29. The van der Waals surface area contributed by atoms with E-state index < -0.39 is 6.04 Å². The van der Waals surface area contributed by atoms with Gasteiger partial charge in [-0.15, -0.1) is 0 Å². The van der Waals surface area contributed by atoms with E-state index in [-0.39, 0.29) is 17.8 Å². The molecule has 1 amide bonds. The molecule has 2 atom stereocenters. The number of piperidine rings is 1. The number of nitrogens with one attached hydrogen (secondary N) is 2. The molecule has 3 rings (SSSR count). The van der Waals surface area contributed by atoms with Crippen molar-refractivity contribution in [1.82, 2.24) is 20.4 Å². The zero-order chi connectivity index (χ0) is 18.7. The Bertz CT molecular complexity index is 790. The molecule has 1 fully saturated rings. The third-order valence-electron chi connectivity index (χ3n) is 5.00. The van der Waals surface area contributed by atoms with Crippen LogP contribution in [0, 0.1) is 12.7 Å². The van der Waals surface area contributed by atoms with Gasteiger partial charge in [0, 0.05) is 42.4 Å². The average molecular weight is 360 g/mol. The van der Waals surface area contributed by atoms with Crippen molar-refractivity contribution in [1.29, 1.82) is 0 Å². The molecule has 7 heteroatoms. The van der Waals surface area contributed by atoms with Crippen molar-refractivity contribution in [2.45, 2.75) is 51.9 Å². The summed E-state index contributed by atoms with van der Waals surface area (Å²) in [5.41, 5.74) is 2.66. The molecule has 1 aliphatic rings. The van der Waals surface area contributed by atoms with Crippen LogP contribution in [0.2, 0.25) is 0 Å². The fourth-order valence-corrected chi connectivity index (χ4v) is 3.42. The Labute approximate surface area is 152 Å². The summed E-state index contributed by atoms with van der Waals surface area (Å²) in [4.78, 5) is 11.9. The van der Waals surface area contributed by atoms with Crippen LogP contribution in [-0.4, -0.2) is 28.8 Å². The van der Waals surface area contributed by atoms with Crippen LogP contribution >= 0.6 is 0 Å². The van der Waals surface area contributed by atoms with Gasteiger partial charge in [-0.25, -0.2) is 4.39 Å². The summed E-state index contributed by atoms with van der Waals surface area (Å²) in [6.07, 6.45) is 2.93. The molecule has 0 unspecified atom stereocenters. The molecule has 0 saturated carbocycles. The molecule has 1 aromatic heterocycles. The zero-order valence-electron chi connectivity index (χ0n) is 15.4. The van der Waals surface area contributed by atoms with Crippen LogP contribution in [0.1, 0.15) is 42.6 Å². The first-order valence-corrected chi connectivity index (χ1v) is 8.91. The normalized spacial score (nSPS) is 20.1. The summed E-state index contributed by atoms with van der Waals surface area (Å²) in [7, 11) is 1.54. The number of aryl methyl sites for hydroxylation is 1. The Kier molecular flexibility index (Phi) is 5.56. The number of hydrogen-bond acceptors (Lipinski definition) is 4. The Morgan fingerprint density at radius 3 is 2.96 bits per heavy atom. The van der Waals surface area contributed by atoms with Crippen molar-refractivity contribution in [2.75, 3.05) is 7.11 Å². The van der Waals surface area contributed by atoms with Gasteiger partial charge in [0.1, 0.15) is 11.6 Å². The second-order valence-corrected chi connectivity index (χ2v) is 6.53. The molecule has 140 valence electrons. The minimum absolute atomic E-state index is 0.0646. The van der Waals surface area contributed by atoms with E-state index in [2.05, 4.69) is 22.7 Å². The third-order valence-corrected chi connectivity index (χ3v) is 5.00. The molecule has 1 saturated heterocycles. The van der Waals surface area contributed by atoms with Gasteiger partial charge in [-0.05, 0) is 38.5 Å². The Morgan fingerprint density at radius 1 is 1.46 bits per heavy atom. The molecule has 26 heavy (non-hydrogen) atoms. The summed E-state index contributed by atoms with van der Waals surface area (Å²) < 4.78 is 21.6. The number of ether oxygens (including phenoxy) is 1. The summed E-state index contributed by atoms with van der Waals surface area (Å²) in [5.74, 6) is 0.157. The number of halogens is 1. The highest BCUT2D eigenvalue weighted by Gasteiger charge is 2.31. The van der Waals surface area contributed by atoms with Gasteiger partial charge in [0.2, 0.25) is 5.91 Å². The maximum atomic E-state index is 14.4. The number of nitrogens with zero attached hydrogens (tertiary/aromatic N) is 2. The van der Waals surface area contributed by atoms with E-state index in [4.69, 9.17) is 4.74 Å². The van der Waals surface area contributed by atoms with Gasteiger partial charge in [-0.3, -0.25) is 9.48 Å². The minimum atomic E-state index is -0.437. The molecular formula is C19H25FN4O2. The average Bonchev–Trinajstić information content (AvgIpc) is 3.01. The van der Waals surface area contributed by atoms with E-state index in [1.807, 2.05) is 17.8 Å². The van der Waals surface area contributed by atoms with Gasteiger partial charge in [-0.1, -0.05) is 0 Å². The first kappa shape index (κ1) is 18.4. The van der Waals surface area contributed by atoms with Crippen molar-refractivity contribution in [2.24, 2.45) is 0 Å². The Balaban J connectivity index is 1.80. The number of aromatic nitrogens is 2. The van der Waals surface area contributed by atoms with Crippen LogP contribution < -0.4 is 15.4 Å². The van der Waals surface area contributed by atoms with Crippen LogP contribution in [0.4, 0.5) is 4.39 Å². The second-order valence-electron chi connectivity index (χ2n) is 6.53. The molecule has 2 N–H and O–H groups in total. The van der Waals surface area contributed by atoms with E-state index in [1.165, 1.54) is 6.07 Å². The van der Waals surface area contributed by atoms with Crippen LogP contribution in [0.3, 0.4) is 0 Å². The lowest BCUT2D eigenvalue weighted by molar-refractivity contribution is -0.123. The van der Waals surface area contributed by atoms with E-state index in [0.717, 1.165) is 17.8 Å². The van der Waals surface area contributed by atoms with Crippen molar-refractivity contribution < 1.29 is 13.9 Å². The molecule has 6 nitrogen and oxygen atoms in total. The molecule has 0 spiro atoms. The Hall–Kier alpha value is -2.41. The van der Waals surface area contributed by atoms with Gasteiger partial charge >= 0.3 is 0 Å². The predicted molar refractivity (Wildman–Crippen MR) is 96.3 cm³/mol. The fraction of sp³-hybridized carbons (Fsp3) is 0.474. The monoisotopic (exact) mass is 360 g/mol. The summed E-state index contributed by atoms with van der Waals surface area (Å²) in [6, 6.07) is 4.10. The number of carbonyl (C=O) groups is 1. The van der Waals surface area contributed by atoms with Crippen molar-refractivity contribution in [3.8, 4) is 5.75 Å². The van der Waals surface area contributed by atoms with Crippen LogP contribution in [0.5, 0.6) is 5.75 Å². The molecule has 2 heterocycles. The van der Waals surface area contributed by atoms with Crippen LogP contribution in [0.15, 0.2) is 24.4 Å². The number of amides is 1. The van der Waals surface area contributed by atoms with Crippen LogP contribution in [0.25, 0.3) is 0 Å². The van der Waals surface area contributed by atoms with E-state index >= 15 is 0 Å². The summed E-state index contributed by atoms with van der Waals surface area (Å²) >= 11 is 0. The van der Waals surface area contributed by atoms with Gasteiger partial charge < -0.3 is 15.4 Å². The topological polar surface area (TPSA) is 68.2 Å². The predicted octanol–water partition coefficient (Wildman–Crippen LogP) is 2.47. The maximum absolute atomic E-state index is 14.4. The highest BCUT2D eigenvalue weighted by atomic mass is 19.1. The standard InChI is InChI=1S/C19H25FN4O2/c1-4-24-12(2)13(11-22-24)10-21-17-7-8-18(25)23-19(17)15-9-14(26-3)5-6-16(15)20/h5-6,9,11,17,19,21H,4,7-8,10H2,1-3H3,(H,23,25)/t17-,19+/m1/s1. The van der Waals surface area contributed by atoms with E-state index in [1.54, 1.807) is 19.2 Å². The molecule has 2 aromatic rings. The SMILES string of the molecule is CCn1ncc(CN[C@@H]2CCC(=O)N[C@H]2c2cc(OC)ccc2F)c1C. The smallest absolute Gasteiger partial charge is 0.220 e. The number of hydrogen-bond donors (Lipinski definition) is 2. The molecular weight excluding hydrogens is 335 g/mol.